The van der Waals surface area contributed by atoms with Gasteiger partial charge in [-0.25, -0.2) is 0 Å². The molecule has 2 heterocycles. The summed E-state index contributed by atoms with van der Waals surface area (Å²) in [4.78, 5) is 13.5. The van der Waals surface area contributed by atoms with Gasteiger partial charge in [-0.3, -0.25) is 4.79 Å². The van der Waals surface area contributed by atoms with Gasteiger partial charge >= 0.3 is 0 Å². The highest BCUT2D eigenvalue weighted by atomic mass is 32.2. The van der Waals surface area contributed by atoms with E-state index in [9.17, 15) is 4.79 Å². The van der Waals surface area contributed by atoms with E-state index in [1.54, 1.807) is 11.8 Å². The van der Waals surface area contributed by atoms with E-state index in [1.165, 1.54) is 37.7 Å². The normalized spacial score (nSPS) is 19.3. The summed E-state index contributed by atoms with van der Waals surface area (Å²) >= 11 is 1.62. The monoisotopic (exact) mass is 298 g/mol. The number of hydrogen-bond acceptors (Lipinski definition) is 3. The first kappa shape index (κ1) is 13.2. The Morgan fingerprint density at radius 3 is 2.76 bits per heavy atom. The quantitative estimate of drug-likeness (QED) is 0.753. The van der Waals surface area contributed by atoms with E-state index in [0.717, 1.165) is 16.4 Å². The largest absolute Gasteiger partial charge is 0.455 e. The summed E-state index contributed by atoms with van der Waals surface area (Å²) in [5, 5.41) is 0.702. The lowest BCUT2D eigenvalue weighted by Gasteiger charge is -2.27. The van der Waals surface area contributed by atoms with Crippen LogP contribution in [0.2, 0.25) is 0 Å². The van der Waals surface area contributed by atoms with Crippen LogP contribution in [0.1, 0.15) is 37.9 Å². The Kier molecular flexibility index (Phi) is 3.38. The minimum atomic E-state index is 0.137. The maximum Gasteiger partial charge on any atom is 0.206 e. The van der Waals surface area contributed by atoms with Crippen LogP contribution in [0.4, 0.5) is 0 Å². The smallest absolute Gasteiger partial charge is 0.206 e. The molecule has 1 fully saturated rings. The van der Waals surface area contributed by atoms with Crippen molar-refractivity contribution in [3.8, 4) is 0 Å². The van der Waals surface area contributed by atoms with Gasteiger partial charge in [0.25, 0.3) is 0 Å². The van der Waals surface area contributed by atoms with Gasteiger partial charge < -0.3 is 4.42 Å². The molecule has 2 nitrogen and oxygen atoms in total. The van der Waals surface area contributed by atoms with Crippen LogP contribution in [-0.2, 0) is 0 Å². The zero-order valence-corrected chi connectivity index (χ0v) is 12.7. The number of fused-ring (bicyclic) bond motifs is 2. The Morgan fingerprint density at radius 1 is 1.10 bits per heavy atom. The molecule has 0 saturated heterocycles. The number of allylic oxidation sites excluding steroid dienone is 1. The van der Waals surface area contributed by atoms with Crippen molar-refractivity contribution in [2.24, 2.45) is 5.92 Å². The molecule has 0 bridgehead atoms. The molecule has 0 radical (unpaired) electrons. The predicted octanol–water partition coefficient (Wildman–Crippen LogP) is 4.86. The molecule has 0 N–H and O–H groups in total. The van der Waals surface area contributed by atoms with Crippen LogP contribution in [-0.4, -0.2) is 5.75 Å². The van der Waals surface area contributed by atoms with Gasteiger partial charge in [-0.2, -0.15) is 0 Å². The summed E-state index contributed by atoms with van der Waals surface area (Å²) in [5.41, 5.74) is 2.13. The Balaban J connectivity index is 1.88. The van der Waals surface area contributed by atoms with Crippen molar-refractivity contribution >= 4 is 28.3 Å². The van der Waals surface area contributed by atoms with Crippen LogP contribution >= 0.6 is 11.8 Å². The van der Waals surface area contributed by atoms with Crippen LogP contribution < -0.4 is 5.43 Å². The molecule has 2 aliphatic rings. The fourth-order valence-corrected chi connectivity index (χ4v) is 4.48. The average molecular weight is 298 g/mol. The van der Waals surface area contributed by atoms with Crippen molar-refractivity contribution in [3.05, 3.63) is 46.3 Å². The fraction of sp³-hybridized carbons (Fsp3) is 0.389. The molecule has 0 atom stereocenters. The van der Waals surface area contributed by atoms with Gasteiger partial charge in [0.05, 0.1) is 10.3 Å². The first-order valence-corrected chi connectivity index (χ1v) is 8.72. The molecule has 1 aromatic carbocycles. The summed E-state index contributed by atoms with van der Waals surface area (Å²) < 4.78 is 6.14. The van der Waals surface area contributed by atoms with E-state index in [4.69, 9.17) is 4.42 Å². The minimum Gasteiger partial charge on any atom is -0.455 e. The summed E-state index contributed by atoms with van der Waals surface area (Å²) in [6.45, 7) is 0. The van der Waals surface area contributed by atoms with E-state index in [2.05, 4.69) is 6.08 Å². The summed E-state index contributed by atoms with van der Waals surface area (Å²) in [6, 6.07) is 7.59. The Labute approximate surface area is 128 Å². The topological polar surface area (TPSA) is 30.2 Å². The lowest BCUT2D eigenvalue weighted by Crippen LogP contribution is -2.16. The molecule has 21 heavy (non-hydrogen) atoms. The van der Waals surface area contributed by atoms with Gasteiger partial charge in [0.1, 0.15) is 11.3 Å². The molecule has 2 aromatic rings. The van der Waals surface area contributed by atoms with Crippen molar-refractivity contribution in [1.82, 2.24) is 0 Å². The summed E-state index contributed by atoms with van der Waals surface area (Å²) in [6.07, 6.45) is 8.66. The predicted molar refractivity (Wildman–Crippen MR) is 87.8 cm³/mol. The summed E-state index contributed by atoms with van der Waals surface area (Å²) in [7, 11) is 0. The third kappa shape index (κ3) is 2.24. The second-order valence-corrected chi connectivity index (χ2v) is 6.92. The van der Waals surface area contributed by atoms with E-state index >= 15 is 0 Å². The van der Waals surface area contributed by atoms with E-state index in [-0.39, 0.29) is 5.43 Å². The minimum absolute atomic E-state index is 0.137. The molecular formula is C18H18O2S. The molecule has 3 heteroatoms. The molecule has 0 spiro atoms. The second kappa shape index (κ2) is 5.38. The van der Waals surface area contributed by atoms with Gasteiger partial charge in [-0.05, 0) is 36.5 Å². The molecular weight excluding hydrogens is 280 g/mol. The van der Waals surface area contributed by atoms with Crippen molar-refractivity contribution < 1.29 is 4.42 Å². The van der Waals surface area contributed by atoms with Gasteiger partial charge in [-0.1, -0.05) is 37.5 Å². The Morgan fingerprint density at radius 2 is 1.90 bits per heavy atom. The Bertz CT molecular complexity index is 766. The Hall–Kier alpha value is -1.48. The third-order valence-electron chi connectivity index (χ3n) is 4.59. The zero-order chi connectivity index (χ0) is 14.2. The standard InChI is InChI=1S/C18H18O2S/c19-16-14-8-4-5-9-15(14)20-17-13(10-11-21-18(16)17)12-6-2-1-3-7-12/h4-5,8-10,12H,1-3,6-7,11H2. The molecule has 0 unspecified atom stereocenters. The molecule has 4 rings (SSSR count). The van der Waals surface area contributed by atoms with Crippen molar-refractivity contribution in [2.45, 2.75) is 37.0 Å². The average Bonchev–Trinajstić information content (AvgIpc) is 2.56. The highest BCUT2D eigenvalue weighted by Crippen LogP contribution is 2.41. The second-order valence-electron chi connectivity index (χ2n) is 5.89. The van der Waals surface area contributed by atoms with Gasteiger partial charge in [0.15, 0.2) is 0 Å². The molecule has 1 aromatic heterocycles. The lowest BCUT2D eigenvalue weighted by atomic mass is 9.82. The van der Waals surface area contributed by atoms with Crippen LogP contribution in [0.15, 0.2) is 44.4 Å². The number of benzene rings is 1. The van der Waals surface area contributed by atoms with Crippen LogP contribution in [0.5, 0.6) is 0 Å². The number of thioether (sulfide) groups is 1. The highest BCUT2D eigenvalue weighted by molar-refractivity contribution is 7.99. The van der Waals surface area contributed by atoms with Crippen LogP contribution in [0.25, 0.3) is 16.5 Å². The van der Waals surface area contributed by atoms with Crippen molar-refractivity contribution in [2.75, 3.05) is 5.75 Å². The first-order chi connectivity index (χ1) is 10.3. The van der Waals surface area contributed by atoms with E-state index in [1.807, 2.05) is 24.3 Å². The maximum atomic E-state index is 12.7. The SMILES string of the molecule is O=c1c2c(oc3ccccc13)C(C1CCCCC1)=CCS2. The number of rotatable bonds is 1. The van der Waals surface area contributed by atoms with Gasteiger partial charge in [-0.15, -0.1) is 11.8 Å². The first-order valence-electron chi connectivity index (χ1n) is 7.73. The molecule has 1 saturated carbocycles. The number of para-hydroxylation sites is 1. The van der Waals surface area contributed by atoms with Crippen LogP contribution in [0, 0.1) is 5.92 Å². The van der Waals surface area contributed by atoms with Crippen molar-refractivity contribution in [3.63, 3.8) is 0 Å². The van der Waals surface area contributed by atoms with Crippen molar-refractivity contribution in [1.29, 1.82) is 0 Å². The number of hydrogen-bond donors (Lipinski definition) is 0. The lowest BCUT2D eigenvalue weighted by molar-refractivity contribution is 0.419. The molecule has 1 aliphatic heterocycles. The van der Waals surface area contributed by atoms with E-state index < -0.39 is 0 Å². The third-order valence-corrected chi connectivity index (χ3v) is 5.59. The van der Waals surface area contributed by atoms with Gasteiger partial charge in [0.2, 0.25) is 5.43 Å². The van der Waals surface area contributed by atoms with Crippen LogP contribution in [0.3, 0.4) is 0 Å². The fourth-order valence-electron chi connectivity index (χ4n) is 3.52. The van der Waals surface area contributed by atoms with Gasteiger partial charge in [0, 0.05) is 5.75 Å². The van der Waals surface area contributed by atoms with E-state index in [0.29, 0.717) is 16.9 Å². The maximum absolute atomic E-state index is 12.7. The summed E-state index contributed by atoms with van der Waals surface area (Å²) in [5.74, 6) is 2.31. The highest BCUT2D eigenvalue weighted by Gasteiger charge is 2.27. The molecule has 0 amide bonds. The molecule has 1 aliphatic carbocycles. The molecule has 108 valence electrons. The zero-order valence-electron chi connectivity index (χ0n) is 11.9.